The summed E-state index contributed by atoms with van der Waals surface area (Å²) in [5.74, 6) is 0.741. The maximum Gasteiger partial charge on any atom is 0.255 e. The van der Waals surface area contributed by atoms with E-state index in [1.807, 2.05) is 0 Å². The Balaban J connectivity index is 1.54. The molecular formula is C23H27BrN2O4. The molecule has 0 radical (unpaired) electrons. The molecule has 30 heavy (non-hydrogen) atoms. The molecule has 7 heteroatoms. The van der Waals surface area contributed by atoms with E-state index in [0.717, 1.165) is 23.9 Å². The molecule has 2 aromatic carbocycles. The zero-order valence-corrected chi connectivity index (χ0v) is 18.8. The first-order chi connectivity index (χ1) is 14.4. The monoisotopic (exact) mass is 474 g/mol. The van der Waals surface area contributed by atoms with Gasteiger partial charge in [0.05, 0.1) is 17.2 Å². The van der Waals surface area contributed by atoms with Crippen molar-refractivity contribution in [1.29, 1.82) is 0 Å². The number of ether oxygens (including phenoxy) is 2. The smallest absolute Gasteiger partial charge is 0.255 e. The van der Waals surface area contributed by atoms with Crippen LogP contribution in [0.1, 0.15) is 47.4 Å². The van der Waals surface area contributed by atoms with Gasteiger partial charge in [-0.05, 0) is 77.2 Å². The second-order valence-electron chi connectivity index (χ2n) is 7.73. The quantitative estimate of drug-likeness (QED) is 0.583. The van der Waals surface area contributed by atoms with Crippen molar-refractivity contribution in [3.8, 4) is 5.75 Å². The molecule has 160 valence electrons. The van der Waals surface area contributed by atoms with E-state index in [4.69, 9.17) is 9.47 Å². The Bertz CT molecular complexity index is 877. The zero-order chi connectivity index (χ0) is 21.5. The molecule has 0 bridgehead atoms. The van der Waals surface area contributed by atoms with Gasteiger partial charge < -0.3 is 20.1 Å². The molecule has 3 rings (SSSR count). The van der Waals surface area contributed by atoms with Gasteiger partial charge in [0.15, 0.2) is 0 Å². The molecule has 1 unspecified atom stereocenters. The van der Waals surface area contributed by atoms with Crippen LogP contribution in [0.5, 0.6) is 5.75 Å². The minimum atomic E-state index is -0.235. The molecule has 0 aliphatic carbocycles. The number of rotatable bonds is 8. The Kier molecular flexibility index (Phi) is 7.87. The molecule has 1 atom stereocenters. The summed E-state index contributed by atoms with van der Waals surface area (Å²) in [5, 5.41) is 5.73. The molecule has 2 aromatic rings. The lowest BCUT2D eigenvalue weighted by Crippen LogP contribution is -2.31. The third-order valence-corrected chi connectivity index (χ3v) is 5.31. The second kappa shape index (κ2) is 10.6. The second-order valence-corrected chi connectivity index (χ2v) is 8.58. The van der Waals surface area contributed by atoms with Gasteiger partial charge in [-0.15, -0.1) is 0 Å². The number of carbonyl (C=O) groups is 2. The molecule has 1 aliphatic heterocycles. The summed E-state index contributed by atoms with van der Waals surface area (Å²) in [6, 6.07) is 12.1. The van der Waals surface area contributed by atoms with Crippen molar-refractivity contribution < 1.29 is 19.1 Å². The van der Waals surface area contributed by atoms with Crippen LogP contribution >= 0.6 is 15.9 Å². The normalized spacial score (nSPS) is 15.8. The molecule has 1 aliphatic rings. The fraction of sp³-hybridized carbons (Fsp3) is 0.391. The predicted octanol–water partition coefficient (Wildman–Crippen LogP) is 4.65. The summed E-state index contributed by atoms with van der Waals surface area (Å²) in [4.78, 5) is 24.8. The summed E-state index contributed by atoms with van der Waals surface area (Å²) >= 11 is 3.46. The van der Waals surface area contributed by atoms with Crippen LogP contribution in [0.4, 0.5) is 5.69 Å². The minimum Gasteiger partial charge on any atom is -0.492 e. The van der Waals surface area contributed by atoms with Gasteiger partial charge in [-0.2, -0.15) is 0 Å². The first-order valence-corrected chi connectivity index (χ1v) is 10.9. The molecule has 0 aromatic heterocycles. The van der Waals surface area contributed by atoms with Crippen LogP contribution in [0, 0.1) is 5.92 Å². The van der Waals surface area contributed by atoms with E-state index in [0.29, 0.717) is 41.6 Å². The molecule has 1 fully saturated rings. The predicted molar refractivity (Wildman–Crippen MR) is 120 cm³/mol. The van der Waals surface area contributed by atoms with E-state index < -0.39 is 0 Å². The topological polar surface area (TPSA) is 76.7 Å². The highest BCUT2D eigenvalue weighted by Crippen LogP contribution is 2.27. The van der Waals surface area contributed by atoms with Crippen molar-refractivity contribution in [2.75, 3.05) is 25.1 Å². The number of anilines is 1. The van der Waals surface area contributed by atoms with E-state index in [1.54, 1.807) is 42.5 Å². The lowest BCUT2D eigenvalue weighted by Gasteiger charge is -2.12. The van der Waals surface area contributed by atoms with Gasteiger partial charge >= 0.3 is 0 Å². The highest BCUT2D eigenvalue weighted by atomic mass is 79.9. The maximum absolute atomic E-state index is 12.5. The Morgan fingerprint density at radius 1 is 1.13 bits per heavy atom. The molecular weight excluding hydrogens is 448 g/mol. The van der Waals surface area contributed by atoms with Crippen LogP contribution in [0.25, 0.3) is 0 Å². The summed E-state index contributed by atoms with van der Waals surface area (Å²) in [6.07, 6.45) is 2.12. The number of amides is 2. The summed E-state index contributed by atoms with van der Waals surface area (Å²) in [7, 11) is 0. The Morgan fingerprint density at radius 3 is 2.50 bits per heavy atom. The van der Waals surface area contributed by atoms with Crippen molar-refractivity contribution in [3.63, 3.8) is 0 Å². The summed E-state index contributed by atoms with van der Waals surface area (Å²) in [5.41, 5.74) is 1.67. The van der Waals surface area contributed by atoms with Gasteiger partial charge in [0.1, 0.15) is 5.75 Å². The van der Waals surface area contributed by atoms with Crippen LogP contribution in [0.15, 0.2) is 46.9 Å². The van der Waals surface area contributed by atoms with Crippen LogP contribution < -0.4 is 15.4 Å². The zero-order valence-electron chi connectivity index (χ0n) is 17.2. The van der Waals surface area contributed by atoms with E-state index in [-0.39, 0.29) is 17.9 Å². The largest absolute Gasteiger partial charge is 0.492 e. The third-order valence-electron chi connectivity index (χ3n) is 4.69. The van der Waals surface area contributed by atoms with Crippen molar-refractivity contribution in [2.24, 2.45) is 5.92 Å². The third kappa shape index (κ3) is 6.31. The summed E-state index contributed by atoms with van der Waals surface area (Å²) in [6.45, 7) is 6.05. The number of hydrogen-bond donors (Lipinski definition) is 2. The molecule has 0 spiro atoms. The number of carbonyl (C=O) groups excluding carboxylic acids is 2. The van der Waals surface area contributed by atoms with Gasteiger partial charge in [-0.3, -0.25) is 9.59 Å². The Hall–Kier alpha value is -2.38. The maximum atomic E-state index is 12.5. The van der Waals surface area contributed by atoms with Crippen molar-refractivity contribution in [2.45, 2.75) is 32.8 Å². The molecule has 1 saturated heterocycles. The number of nitrogens with one attached hydrogen (secondary N) is 2. The first-order valence-electron chi connectivity index (χ1n) is 10.2. The minimum absolute atomic E-state index is 0.106. The number of benzene rings is 2. The lowest BCUT2D eigenvalue weighted by atomic mass is 10.1. The van der Waals surface area contributed by atoms with Gasteiger partial charge in [-0.25, -0.2) is 0 Å². The standard InChI is InChI=1S/C23H27BrN2O4/c1-15(2)14-30-21-10-7-17(12-20(21)24)23(28)26-18-8-5-16(6-9-18)22(27)25-13-19-4-3-11-29-19/h5-10,12,15,19H,3-4,11,13-14H2,1-2H3,(H,25,27)(H,26,28). The molecule has 1 heterocycles. The van der Waals surface area contributed by atoms with Crippen molar-refractivity contribution in [3.05, 3.63) is 58.1 Å². The highest BCUT2D eigenvalue weighted by Gasteiger charge is 2.17. The molecule has 2 amide bonds. The van der Waals surface area contributed by atoms with E-state index in [1.165, 1.54) is 0 Å². The van der Waals surface area contributed by atoms with E-state index in [9.17, 15) is 9.59 Å². The van der Waals surface area contributed by atoms with Gasteiger partial charge in [0, 0.05) is 30.0 Å². The van der Waals surface area contributed by atoms with Gasteiger partial charge in [0.25, 0.3) is 11.8 Å². The van der Waals surface area contributed by atoms with E-state index >= 15 is 0 Å². The summed E-state index contributed by atoms with van der Waals surface area (Å²) < 4.78 is 12.0. The van der Waals surface area contributed by atoms with Crippen LogP contribution in [0.2, 0.25) is 0 Å². The first kappa shape index (κ1) is 22.3. The van der Waals surface area contributed by atoms with Crippen molar-refractivity contribution >= 4 is 33.4 Å². The van der Waals surface area contributed by atoms with Crippen molar-refractivity contribution in [1.82, 2.24) is 5.32 Å². The highest BCUT2D eigenvalue weighted by molar-refractivity contribution is 9.10. The van der Waals surface area contributed by atoms with Crippen LogP contribution in [0.3, 0.4) is 0 Å². The number of hydrogen-bond acceptors (Lipinski definition) is 4. The Labute approximate surface area is 185 Å². The lowest BCUT2D eigenvalue weighted by molar-refractivity contribution is 0.0857. The molecule has 2 N–H and O–H groups in total. The van der Waals surface area contributed by atoms with Crippen LogP contribution in [-0.2, 0) is 4.74 Å². The SMILES string of the molecule is CC(C)COc1ccc(C(=O)Nc2ccc(C(=O)NCC3CCCO3)cc2)cc1Br. The average Bonchev–Trinajstić information content (AvgIpc) is 3.25. The number of halogens is 1. The van der Waals surface area contributed by atoms with E-state index in [2.05, 4.69) is 40.4 Å². The fourth-order valence-electron chi connectivity index (χ4n) is 3.04. The van der Waals surface area contributed by atoms with Gasteiger partial charge in [0.2, 0.25) is 0 Å². The van der Waals surface area contributed by atoms with Crippen LogP contribution in [-0.4, -0.2) is 37.7 Å². The van der Waals surface area contributed by atoms with Gasteiger partial charge in [-0.1, -0.05) is 13.8 Å². The molecule has 6 nitrogen and oxygen atoms in total. The fourth-order valence-corrected chi connectivity index (χ4v) is 3.53. The average molecular weight is 475 g/mol. The molecule has 0 saturated carbocycles. The Morgan fingerprint density at radius 2 is 1.87 bits per heavy atom.